The molecule has 0 radical (unpaired) electrons. The average molecular weight is 367 g/mol. The minimum absolute atomic E-state index is 0.00242. The molecule has 0 bridgehead atoms. The highest BCUT2D eigenvalue weighted by atomic mass is 16.5. The maximum absolute atomic E-state index is 12.5. The van der Waals surface area contributed by atoms with Crippen LogP contribution in [0, 0.1) is 0 Å². The fraction of sp³-hybridized carbons (Fsp3) is 0.435. The Bertz CT molecular complexity index is 740. The smallest absolute Gasteiger partial charge is 0.220 e. The molecule has 1 aliphatic rings. The van der Waals surface area contributed by atoms with Crippen molar-refractivity contribution >= 4 is 5.91 Å². The van der Waals surface area contributed by atoms with Crippen molar-refractivity contribution in [2.24, 2.45) is 0 Å². The molecule has 0 saturated heterocycles. The summed E-state index contributed by atoms with van der Waals surface area (Å²) < 4.78 is 12.0. The molecule has 1 aliphatic heterocycles. The van der Waals surface area contributed by atoms with Crippen LogP contribution in [0.4, 0.5) is 0 Å². The summed E-state index contributed by atoms with van der Waals surface area (Å²) in [5.74, 6) is 1.80. The van der Waals surface area contributed by atoms with E-state index in [0.717, 1.165) is 36.3 Å². The van der Waals surface area contributed by atoms with Crippen molar-refractivity contribution in [1.29, 1.82) is 0 Å². The van der Waals surface area contributed by atoms with E-state index in [2.05, 4.69) is 19.2 Å². The van der Waals surface area contributed by atoms with E-state index in [1.54, 1.807) is 0 Å². The van der Waals surface area contributed by atoms with Crippen molar-refractivity contribution < 1.29 is 14.3 Å². The van der Waals surface area contributed by atoms with Gasteiger partial charge < -0.3 is 14.8 Å². The second-order valence-corrected chi connectivity index (χ2v) is 7.12. The molecule has 1 unspecified atom stereocenters. The first-order chi connectivity index (χ1) is 13.2. The lowest BCUT2D eigenvalue weighted by molar-refractivity contribution is -0.122. The Balaban J connectivity index is 1.56. The number of fused-ring (bicyclic) bond motifs is 1. The molecular weight excluding hydrogens is 338 g/mol. The number of amides is 1. The lowest BCUT2D eigenvalue weighted by Gasteiger charge is -2.41. The van der Waals surface area contributed by atoms with Crippen LogP contribution in [0.3, 0.4) is 0 Å². The van der Waals surface area contributed by atoms with Gasteiger partial charge in [-0.2, -0.15) is 0 Å². The van der Waals surface area contributed by atoms with Gasteiger partial charge in [0.15, 0.2) is 0 Å². The second-order valence-electron chi connectivity index (χ2n) is 7.12. The van der Waals surface area contributed by atoms with Crippen LogP contribution in [0.25, 0.3) is 0 Å². The Morgan fingerprint density at radius 2 is 1.81 bits per heavy atom. The Labute approximate surface area is 161 Å². The number of hydrogen-bond donors (Lipinski definition) is 1. The molecule has 4 heteroatoms. The van der Waals surface area contributed by atoms with Crippen LogP contribution >= 0.6 is 0 Å². The zero-order valence-corrected chi connectivity index (χ0v) is 16.2. The first-order valence-electron chi connectivity index (χ1n) is 9.91. The van der Waals surface area contributed by atoms with Gasteiger partial charge in [-0.1, -0.05) is 50.2 Å². The Morgan fingerprint density at radius 3 is 2.56 bits per heavy atom. The number of ether oxygens (including phenoxy) is 2. The van der Waals surface area contributed by atoms with E-state index in [0.29, 0.717) is 19.4 Å². The Hall–Kier alpha value is -2.49. The SMILES string of the molecule is CCC1(CC)CC(NC(=O)CCCOc2ccccc2)c2ccccc2O1. The Kier molecular flexibility index (Phi) is 6.38. The van der Waals surface area contributed by atoms with Gasteiger partial charge in [0.25, 0.3) is 0 Å². The van der Waals surface area contributed by atoms with E-state index in [1.807, 2.05) is 54.6 Å². The van der Waals surface area contributed by atoms with E-state index in [4.69, 9.17) is 9.47 Å². The molecule has 0 fully saturated rings. The summed E-state index contributed by atoms with van der Waals surface area (Å²) in [6.45, 7) is 4.84. The van der Waals surface area contributed by atoms with Crippen molar-refractivity contribution in [1.82, 2.24) is 5.32 Å². The van der Waals surface area contributed by atoms with E-state index in [9.17, 15) is 4.79 Å². The van der Waals surface area contributed by atoms with Crippen LogP contribution in [0.2, 0.25) is 0 Å². The fourth-order valence-corrected chi connectivity index (χ4v) is 3.64. The minimum atomic E-state index is -0.206. The molecule has 0 saturated carbocycles. The van der Waals surface area contributed by atoms with Crippen LogP contribution < -0.4 is 14.8 Å². The fourth-order valence-electron chi connectivity index (χ4n) is 3.64. The zero-order valence-electron chi connectivity index (χ0n) is 16.2. The van der Waals surface area contributed by atoms with Gasteiger partial charge in [0.2, 0.25) is 5.91 Å². The molecule has 27 heavy (non-hydrogen) atoms. The van der Waals surface area contributed by atoms with Crippen LogP contribution in [0.15, 0.2) is 54.6 Å². The first-order valence-corrected chi connectivity index (χ1v) is 9.91. The van der Waals surface area contributed by atoms with Crippen LogP contribution in [-0.4, -0.2) is 18.1 Å². The monoisotopic (exact) mass is 367 g/mol. The zero-order chi connectivity index (χ0) is 19.1. The van der Waals surface area contributed by atoms with Crippen molar-refractivity contribution in [2.45, 2.75) is 57.6 Å². The molecule has 4 nitrogen and oxygen atoms in total. The number of carbonyl (C=O) groups is 1. The van der Waals surface area contributed by atoms with Gasteiger partial charge in [0.1, 0.15) is 17.1 Å². The molecular formula is C23H29NO3. The largest absolute Gasteiger partial charge is 0.494 e. The van der Waals surface area contributed by atoms with Gasteiger partial charge in [0.05, 0.1) is 12.6 Å². The predicted molar refractivity (Wildman–Crippen MR) is 107 cm³/mol. The van der Waals surface area contributed by atoms with Crippen molar-refractivity contribution in [2.75, 3.05) is 6.61 Å². The second kappa shape index (κ2) is 8.94. The van der Waals surface area contributed by atoms with Crippen LogP contribution in [0.5, 0.6) is 11.5 Å². The quantitative estimate of drug-likeness (QED) is 0.665. The summed E-state index contributed by atoms with van der Waals surface area (Å²) in [6.07, 6.45) is 3.81. The number of rotatable bonds is 8. The minimum Gasteiger partial charge on any atom is -0.494 e. The van der Waals surface area contributed by atoms with Gasteiger partial charge in [-0.25, -0.2) is 0 Å². The van der Waals surface area contributed by atoms with E-state index in [-0.39, 0.29) is 17.6 Å². The molecule has 1 amide bonds. The molecule has 1 atom stereocenters. The molecule has 3 rings (SSSR count). The molecule has 0 spiro atoms. The van der Waals surface area contributed by atoms with Crippen LogP contribution in [0.1, 0.15) is 57.6 Å². The molecule has 1 heterocycles. The topological polar surface area (TPSA) is 47.6 Å². The molecule has 1 N–H and O–H groups in total. The first kappa shape index (κ1) is 19.3. The van der Waals surface area contributed by atoms with Gasteiger partial charge in [-0.3, -0.25) is 4.79 Å². The summed E-state index contributed by atoms with van der Waals surface area (Å²) >= 11 is 0. The standard InChI is InChI=1S/C23H29NO3/c1-3-23(4-2)17-20(19-13-8-9-14-21(19)27-23)24-22(25)15-10-16-26-18-11-6-5-7-12-18/h5-9,11-14,20H,3-4,10,15-17H2,1-2H3,(H,24,25). The normalized spacial score (nSPS) is 17.5. The highest BCUT2D eigenvalue weighted by Crippen LogP contribution is 2.42. The highest BCUT2D eigenvalue weighted by molar-refractivity contribution is 5.76. The highest BCUT2D eigenvalue weighted by Gasteiger charge is 2.38. The number of para-hydroxylation sites is 2. The number of benzene rings is 2. The molecule has 2 aromatic rings. The lowest BCUT2D eigenvalue weighted by atomic mass is 9.83. The van der Waals surface area contributed by atoms with E-state index in [1.165, 1.54) is 0 Å². The number of nitrogens with one attached hydrogen (secondary N) is 1. The third-order valence-electron chi connectivity index (χ3n) is 5.38. The van der Waals surface area contributed by atoms with Gasteiger partial charge in [-0.05, 0) is 37.5 Å². The van der Waals surface area contributed by atoms with Gasteiger partial charge in [0, 0.05) is 18.4 Å². The molecule has 0 aromatic heterocycles. The predicted octanol–water partition coefficient (Wildman–Crippen LogP) is 5.04. The van der Waals surface area contributed by atoms with Gasteiger partial charge in [-0.15, -0.1) is 0 Å². The van der Waals surface area contributed by atoms with Crippen LogP contribution in [-0.2, 0) is 4.79 Å². The summed E-state index contributed by atoms with van der Waals surface area (Å²) in [4.78, 5) is 12.5. The summed E-state index contributed by atoms with van der Waals surface area (Å²) in [7, 11) is 0. The summed E-state index contributed by atoms with van der Waals surface area (Å²) in [5, 5.41) is 3.22. The summed E-state index contributed by atoms with van der Waals surface area (Å²) in [5.41, 5.74) is 0.867. The average Bonchev–Trinajstić information content (AvgIpc) is 2.72. The third-order valence-corrected chi connectivity index (χ3v) is 5.38. The van der Waals surface area contributed by atoms with Crippen molar-refractivity contribution in [3.63, 3.8) is 0 Å². The van der Waals surface area contributed by atoms with Gasteiger partial charge >= 0.3 is 0 Å². The summed E-state index contributed by atoms with van der Waals surface area (Å²) in [6, 6.07) is 17.7. The third kappa shape index (κ3) is 4.82. The van der Waals surface area contributed by atoms with E-state index < -0.39 is 0 Å². The van der Waals surface area contributed by atoms with Crippen molar-refractivity contribution in [3.05, 3.63) is 60.2 Å². The maximum Gasteiger partial charge on any atom is 0.220 e. The number of hydrogen-bond acceptors (Lipinski definition) is 3. The molecule has 0 aliphatic carbocycles. The molecule has 144 valence electrons. The van der Waals surface area contributed by atoms with E-state index >= 15 is 0 Å². The molecule has 2 aromatic carbocycles. The Morgan fingerprint density at radius 1 is 1.11 bits per heavy atom. The number of carbonyl (C=O) groups excluding carboxylic acids is 1. The maximum atomic E-state index is 12.5. The lowest BCUT2D eigenvalue weighted by Crippen LogP contribution is -2.44. The van der Waals surface area contributed by atoms with Crippen molar-refractivity contribution in [3.8, 4) is 11.5 Å².